The first-order valence-electron chi connectivity index (χ1n) is 11.0. The van der Waals surface area contributed by atoms with Gasteiger partial charge in [0.25, 0.3) is 0 Å². The zero-order valence-corrected chi connectivity index (χ0v) is 19.0. The Morgan fingerprint density at radius 1 is 1.09 bits per heavy atom. The number of aliphatic hydroxyl groups is 1. The molecule has 4 aromatic heterocycles. The molecule has 5 rings (SSSR count). The van der Waals surface area contributed by atoms with Crippen molar-refractivity contribution >= 4 is 28.4 Å². The Kier molecular flexibility index (Phi) is 6.05. The molecule has 10 heteroatoms. The minimum atomic E-state index is 0.156. The summed E-state index contributed by atoms with van der Waals surface area (Å²) >= 11 is 0. The Balaban J connectivity index is 1.56. The highest BCUT2D eigenvalue weighted by Gasteiger charge is 2.26. The molecule has 174 valence electrons. The molecule has 1 aliphatic heterocycles. The maximum atomic E-state index is 9.64. The van der Waals surface area contributed by atoms with Crippen molar-refractivity contribution in [3.8, 4) is 23.0 Å². The summed E-state index contributed by atoms with van der Waals surface area (Å²) in [4.78, 5) is 25.0. The van der Waals surface area contributed by atoms with Crippen LogP contribution in [0, 0.1) is 5.92 Å². The molecular weight excluding hydrogens is 434 g/mol. The van der Waals surface area contributed by atoms with Crippen LogP contribution in [0.2, 0.25) is 0 Å². The van der Waals surface area contributed by atoms with E-state index in [-0.39, 0.29) is 12.5 Å². The van der Waals surface area contributed by atoms with Crippen molar-refractivity contribution in [3.05, 3.63) is 48.9 Å². The number of aliphatic hydroxyl groups excluding tert-OH is 1. The summed E-state index contributed by atoms with van der Waals surface area (Å²) < 4.78 is 10.8. The van der Waals surface area contributed by atoms with E-state index in [2.05, 4.69) is 25.2 Å². The zero-order valence-electron chi connectivity index (χ0n) is 19.0. The van der Waals surface area contributed by atoms with Gasteiger partial charge in [-0.1, -0.05) is 6.07 Å². The van der Waals surface area contributed by atoms with E-state index in [0.717, 1.165) is 36.3 Å². The number of anilines is 3. The van der Waals surface area contributed by atoms with Crippen molar-refractivity contribution in [2.75, 3.05) is 44.1 Å². The van der Waals surface area contributed by atoms with Gasteiger partial charge in [-0.25, -0.2) is 15.0 Å². The van der Waals surface area contributed by atoms with Crippen LogP contribution in [0.1, 0.15) is 6.42 Å². The molecule has 1 saturated heterocycles. The number of rotatable bonds is 7. The lowest BCUT2D eigenvalue weighted by Gasteiger charge is -2.21. The van der Waals surface area contributed by atoms with Crippen LogP contribution in [0.3, 0.4) is 0 Å². The highest BCUT2D eigenvalue weighted by atomic mass is 16.5. The highest BCUT2D eigenvalue weighted by Crippen LogP contribution is 2.36. The minimum absolute atomic E-state index is 0.156. The fraction of sp³-hybridized carbons (Fsp3) is 0.292. The van der Waals surface area contributed by atoms with Crippen LogP contribution in [-0.4, -0.2) is 63.9 Å². The monoisotopic (exact) mass is 459 g/mol. The average molecular weight is 460 g/mol. The first-order chi connectivity index (χ1) is 16.7. The van der Waals surface area contributed by atoms with Gasteiger partial charge in [-0.2, -0.15) is 4.98 Å². The standard InChI is InChI=1S/C24H25N7O3/c1-33-18-12-25-11-17-22(18)24(31-9-7-15(13-31)14-32)30-23(27-17)16-6-8-26-20(10-16)28-19-4-3-5-21(29-19)34-2/h3-6,8,10-12,15,32H,7,9,13-14H2,1-2H3,(H,26,28,29)/t15-/m0/s1. The summed E-state index contributed by atoms with van der Waals surface area (Å²) in [6.07, 6.45) is 5.99. The van der Waals surface area contributed by atoms with Gasteiger partial charge in [-0.3, -0.25) is 4.98 Å². The minimum Gasteiger partial charge on any atom is -0.494 e. The van der Waals surface area contributed by atoms with Crippen LogP contribution in [-0.2, 0) is 0 Å². The maximum absolute atomic E-state index is 9.64. The van der Waals surface area contributed by atoms with Crippen molar-refractivity contribution in [1.29, 1.82) is 0 Å². The van der Waals surface area contributed by atoms with Crippen LogP contribution in [0.25, 0.3) is 22.3 Å². The summed E-state index contributed by atoms with van der Waals surface area (Å²) in [5.41, 5.74) is 1.48. The fourth-order valence-electron chi connectivity index (χ4n) is 4.09. The van der Waals surface area contributed by atoms with Crippen molar-refractivity contribution in [3.63, 3.8) is 0 Å². The Labute approximate surface area is 196 Å². The number of hydrogen-bond donors (Lipinski definition) is 2. The molecule has 1 atom stereocenters. The van der Waals surface area contributed by atoms with Gasteiger partial charge < -0.3 is 24.8 Å². The van der Waals surface area contributed by atoms with Crippen LogP contribution < -0.4 is 19.7 Å². The number of nitrogens with zero attached hydrogens (tertiary/aromatic N) is 6. The fourth-order valence-corrected chi connectivity index (χ4v) is 4.09. The van der Waals surface area contributed by atoms with Crippen LogP contribution in [0.5, 0.6) is 11.6 Å². The van der Waals surface area contributed by atoms with Crippen molar-refractivity contribution in [2.24, 2.45) is 5.92 Å². The molecule has 1 fully saturated rings. The second-order valence-corrected chi connectivity index (χ2v) is 8.01. The van der Waals surface area contributed by atoms with Gasteiger partial charge in [-0.05, 0) is 24.6 Å². The number of pyridine rings is 3. The topological polar surface area (TPSA) is 118 Å². The van der Waals surface area contributed by atoms with Crippen LogP contribution >= 0.6 is 0 Å². The van der Waals surface area contributed by atoms with E-state index in [1.165, 1.54) is 0 Å². The summed E-state index contributed by atoms with van der Waals surface area (Å²) in [5.74, 6) is 3.89. The molecule has 1 aliphatic rings. The summed E-state index contributed by atoms with van der Waals surface area (Å²) in [6.45, 7) is 1.67. The van der Waals surface area contributed by atoms with E-state index in [4.69, 9.17) is 19.4 Å². The second-order valence-electron chi connectivity index (χ2n) is 8.01. The van der Waals surface area contributed by atoms with Crippen molar-refractivity contribution < 1.29 is 14.6 Å². The quantitative estimate of drug-likeness (QED) is 0.427. The van der Waals surface area contributed by atoms with Crippen molar-refractivity contribution in [2.45, 2.75) is 6.42 Å². The first-order valence-corrected chi connectivity index (χ1v) is 11.0. The van der Waals surface area contributed by atoms with E-state index in [1.54, 1.807) is 38.9 Å². The smallest absolute Gasteiger partial charge is 0.214 e. The third kappa shape index (κ3) is 4.27. The number of aromatic nitrogens is 5. The Morgan fingerprint density at radius 3 is 2.79 bits per heavy atom. The van der Waals surface area contributed by atoms with Gasteiger partial charge in [0.2, 0.25) is 5.88 Å². The van der Waals surface area contributed by atoms with Gasteiger partial charge in [0.1, 0.15) is 23.2 Å². The van der Waals surface area contributed by atoms with E-state index >= 15 is 0 Å². The molecule has 10 nitrogen and oxygen atoms in total. The first kappa shape index (κ1) is 21.8. The summed E-state index contributed by atoms with van der Waals surface area (Å²) in [7, 11) is 3.19. The number of methoxy groups -OCH3 is 2. The molecule has 0 aliphatic carbocycles. The number of fused-ring (bicyclic) bond motifs is 1. The zero-order chi connectivity index (χ0) is 23.5. The Hall–Kier alpha value is -4.05. The lowest BCUT2D eigenvalue weighted by molar-refractivity contribution is 0.238. The Bertz CT molecular complexity index is 1320. The lowest BCUT2D eigenvalue weighted by atomic mass is 10.1. The molecular formula is C24H25N7O3. The van der Waals surface area contributed by atoms with E-state index in [1.807, 2.05) is 24.3 Å². The predicted molar refractivity (Wildman–Crippen MR) is 129 cm³/mol. The molecule has 5 heterocycles. The second kappa shape index (κ2) is 9.44. The molecule has 0 bridgehead atoms. The maximum Gasteiger partial charge on any atom is 0.214 e. The molecule has 0 spiro atoms. The van der Waals surface area contributed by atoms with Gasteiger partial charge in [0.15, 0.2) is 5.82 Å². The van der Waals surface area contributed by atoms with Gasteiger partial charge in [0, 0.05) is 43.4 Å². The third-order valence-corrected chi connectivity index (χ3v) is 5.82. The summed E-state index contributed by atoms with van der Waals surface area (Å²) in [5, 5.41) is 13.7. The number of ether oxygens (including phenoxy) is 2. The lowest BCUT2D eigenvalue weighted by Crippen LogP contribution is -2.22. The van der Waals surface area contributed by atoms with Gasteiger partial charge >= 0.3 is 0 Å². The van der Waals surface area contributed by atoms with Crippen molar-refractivity contribution in [1.82, 2.24) is 24.9 Å². The Morgan fingerprint density at radius 2 is 2.00 bits per heavy atom. The highest BCUT2D eigenvalue weighted by molar-refractivity contribution is 5.95. The largest absolute Gasteiger partial charge is 0.494 e. The third-order valence-electron chi connectivity index (χ3n) is 5.82. The molecule has 0 unspecified atom stereocenters. The summed E-state index contributed by atoms with van der Waals surface area (Å²) in [6, 6.07) is 9.21. The molecule has 0 saturated carbocycles. The van der Waals surface area contributed by atoms with E-state index < -0.39 is 0 Å². The van der Waals surface area contributed by atoms with Gasteiger partial charge in [-0.15, -0.1) is 0 Å². The van der Waals surface area contributed by atoms with E-state index in [9.17, 15) is 5.11 Å². The molecule has 0 radical (unpaired) electrons. The normalized spacial score (nSPS) is 15.5. The molecule has 34 heavy (non-hydrogen) atoms. The molecule has 4 aromatic rings. The number of hydrogen-bond acceptors (Lipinski definition) is 10. The molecule has 0 aromatic carbocycles. The van der Waals surface area contributed by atoms with Crippen LogP contribution in [0.15, 0.2) is 48.9 Å². The van der Waals surface area contributed by atoms with Crippen LogP contribution in [0.4, 0.5) is 17.5 Å². The number of nitrogens with one attached hydrogen (secondary N) is 1. The molecule has 2 N–H and O–H groups in total. The average Bonchev–Trinajstić information content (AvgIpc) is 3.37. The predicted octanol–water partition coefficient (Wildman–Crippen LogP) is 3.06. The SMILES string of the molecule is COc1cccc(Nc2cc(-c3nc(N4CC[C@H](CO)C4)c4c(OC)cncc4n3)ccn2)n1. The van der Waals surface area contributed by atoms with Gasteiger partial charge in [0.05, 0.1) is 37.5 Å². The molecule has 0 amide bonds. The van der Waals surface area contributed by atoms with E-state index in [0.29, 0.717) is 34.6 Å².